The first kappa shape index (κ1) is 20.9. The summed E-state index contributed by atoms with van der Waals surface area (Å²) in [7, 11) is 0. The van der Waals surface area contributed by atoms with Crippen LogP contribution in [0.5, 0.6) is 0 Å². The Hall–Kier alpha value is -3.69. The van der Waals surface area contributed by atoms with Gasteiger partial charge in [-0.2, -0.15) is 5.10 Å². The Morgan fingerprint density at radius 1 is 0.941 bits per heavy atom. The maximum absolute atomic E-state index is 14.6. The number of hydrogen-bond donors (Lipinski definition) is 3. The molecule has 4 N–H and O–H groups in total. The Bertz CT molecular complexity index is 1470. The van der Waals surface area contributed by atoms with Crippen molar-refractivity contribution in [1.82, 2.24) is 30.5 Å². The summed E-state index contributed by atoms with van der Waals surface area (Å²) in [6.45, 7) is 1.99. The Morgan fingerprint density at radius 2 is 1.82 bits per heavy atom. The number of anilines is 1. The molecule has 0 unspecified atom stereocenters. The number of rotatable bonds is 4. The third kappa shape index (κ3) is 3.63. The van der Waals surface area contributed by atoms with E-state index in [-0.39, 0.29) is 5.82 Å². The summed E-state index contributed by atoms with van der Waals surface area (Å²) in [6, 6.07) is 7.13. The molecule has 5 aromatic rings. The van der Waals surface area contributed by atoms with Gasteiger partial charge in [0.05, 0.1) is 22.3 Å². The number of H-pyrrole nitrogens is 1. The first-order valence-corrected chi connectivity index (χ1v) is 12.0. The van der Waals surface area contributed by atoms with Gasteiger partial charge in [0.15, 0.2) is 0 Å². The van der Waals surface area contributed by atoms with Crippen molar-refractivity contribution in [2.75, 3.05) is 18.8 Å². The zero-order valence-electron chi connectivity index (χ0n) is 18.3. The third-order valence-corrected chi connectivity index (χ3v) is 7.27. The van der Waals surface area contributed by atoms with Crippen LogP contribution in [0.15, 0.2) is 54.6 Å². The van der Waals surface area contributed by atoms with E-state index in [1.807, 2.05) is 18.3 Å². The molecule has 34 heavy (non-hydrogen) atoms. The fourth-order valence-corrected chi connectivity index (χ4v) is 5.35. The number of pyridine rings is 2. The molecular weight excluding hydrogens is 449 g/mol. The maximum atomic E-state index is 14.6. The number of nitrogens with one attached hydrogen (secondary N) is 2. The molecule has 6 rings (SSSR count). The van der Waals surface area contributed by atoms with E-state index >= 15 is 0 Å². The molecule has 4 aromatic heterocycles. The van der Waals surface area contributed by atoms with Crippen LogP contribution in [0.4, 0.5) is 10.2 Å². The molecular formula is C25H22FN7S. The largest absolute Gasteiger partial charge is 0.383 e. The lowest BCUT2D eigenvalue weighted by Crippen LogP contribution is -2.27. The average Bonchev–Trinajstić information content (AvgIpc) is 3.58. The number of aromatic nitrogens is 5. The smallest absolute Gasteiger partial charge is 0.132 e. The number of piperidine rings is 1. The SMILES string of the molecule is Nc1ncc(-c2cn[nH]c2C2CCNCC2)cc1-c1cc2c(-c3cncs3)ccc(F)c2cn1. The molecule has 0 spiro atoms. The topological polar surface area (TPSA) is 105 Å². The first-order chi connectivity index (χ1) is 16.7. The molecule has 0 radical (unpaired) electrons. The van der Waals surface area contributed by atoms with Crippen molar-refractivity contribution in [3.8, 4) is 32.8 Å². The van der Waals surface area contributed by atoms with Crippen LogP contribution in [0.3, 0.4) is 0 Å². The van der Waals surface area contributed by atoms with Gasteiger partial charge in [0.2, 0.25) is 0 Å². The highest BCUT2D eigenvalue weighted by Gasteiger charge is 2.22. The quantitative estimate of drug-likeness (QED) is 0.341. The molecule has 0 amide bonds. The van der Waals surface area contributed by atoms with E-state index in [1.165, 1.54) is 17.4 Å². The van der Waals surface area contributed by atoms with Crippen molar-refractivity contribution in [2.45, 2.75) is 18.8 Å². The molecule has 170 valence electrons. The first-order valence-electron chi connectivity index (χ1n) is 11.2. The number of hydrogen-bond acceptors (Lipinski definition) is 7. The van der Waals surface area contributed by atoms with Crippen LogP contribution in [0.2, 0.25) is 0 Å². The van der Waals surface area contributed by atoms with E-state index in [9.17, 15) is 4.39 Å². The summed E-state index contributed by atoms with van der Waals surface area (Å²) >= 11 is 1.51. The number of nitrogens with two attached hydrogens (primary N) is 1. The zero-order chi connectivity index (χ0) is 23.1. The minimum absolute atomic E-state index is 0.313. The Kier molecular flexibility index (Phi) is 5.27. The number of nitrogens with zero attached hydrogens (tertiary/aromatic N) is 4. The van der Waals surface area contributed by atoms with E-state index in [2.05, 4.69) is 30.5 Å². The van der Waals surface area contributed by atoms with Gasteiger partial charge < -0.3 is 11.1 Å². The van der Waals surface area contributed by atoms with Gasteiger partial charge in [-0.3, -0.25) is 15.1 Å². The highest BCUT2D eigenvalue weighted by atomic mass is 32.1. The van der Waals surface area contributed by atoms with E-state index in [4.69, 9.17) is 5.73 Å². The van der Waals surface area contributed by atoms with Crippen LogP contribution in [-0.2, 0) is 0 Å². The second-order valence-electron chi connectivity index (χ2n) is 8.45. The second kappa shape index (κ2) is 8.58. The fourth-order valence-electron chi connectivity index (χ4n) is 4.69. The number of halogens is 1. The second-order valence-corrected chi connectivity index (χ2v) is 9.34. The number of benzene rings is 1. The number of thiazole rings is 1. The molecule has 5 heterocycles. The van der Waals surface area contributed by atoms with Gasteiger partial charge in [0.25, 0.3) is 0 Å². The molecule has 0 aliphatic carbocycles. The van der Waals surface area contributed by atoms with Crippen molar-refractivity contribution in [3.05, 3.63) is 66.1 Å². The number of fused-ring (bicyclic) bond motifs is 1. The van der Waals surface area contributed by atoms with Crippen molar-refractivity contribution < 1.29 is 4.39 Å². The minimum Gasteiger partial charge on any atom is -0.383 e. The van der Waals surface area contributed by atoms with Crippen molar-refractivity contribution >= 4 is 27.9 Å². The molecule has 1 saturated heterocycles. The molecule has 0 atom stereocenters. The van der Waals surface area contributed by atoms with Gasteiger partial charge in [0, 0.05) is 57.8 Å². The lowest BCUT2D eigenvalue weighted by molar-refractivity contribution is 0.453. The van der Waals surface area contributed by atoms with Gasteiger partial charge in [-0.1, -0.05) is 0 Å². The minimum atomic E-state index is -0.313. The summed E-state index contributed by atoms with van der Waals surface area (Å²) in [4.78, 5) is 14.2. The van der Waals surface area contributed by atoms with Gasteiger partial charge in [-0.15, -0.1) is 11.3 Å². The molecule has 0 bridgehead atoms. The van der Waals surface area contributed by atoms with Gasteiger partial charge in [-0.05, 0) is 55.6 Å². The molecule has 0 saturated carbocycles. The van der Waals surface area contributed by atoms with E-state index in [0.29, 0.717) is 28.4 Å². The molecule has 1 aliphatic heterocycles. The predicted octanol–water partition coefficient (Wildman–Crippen LogP) is 5.00. The van der Waals surface area contributed by atoms with Gasteiger partial charge in [-0.25, -0.2) is 9.37 Å². The average molecular weight is 472 g/mol. The van der Waals surface area contributed by atoms with Crippen LogP contribution in [0.25, 0.3) is 43.6 Å². The highest BCUT2D eigenvalue weighted by molar-refractivity contribution is 7.13. The number of nitrogen functional groups attached to an aromatic ring is 1. The van der Waals surface area contributed by atoms with Crippen LogP contribution in [-0.4, -0.2) is 38.2 Å². The summed E-state index contributed by atoms with van der Waals surface area (Å²) in [5.41, 5.74) is 13.4. The van der Waals surface area contributed by atoms with Crippen LogP contribution >= 0.6 is 11.3 Å². The highest BCUT2D eigenvalue weighted by Crippen LogP contribution is 2.37. The zero-order valence-corrected chi connectivity index (χ0v) is 19.1. The van der Waals surface area contributed by atoms with E-state index < -0.39 is 0 Å². The Labute approximate surface area is 199 Å². The molecule has 9 heteroatoms. The van der Waals surface area contributed by atoms with E-state index in [1.54, 1.807) is 30.2 Å². The Morgan fingerprint density at radius 3 is 2.65 bits per heavy atom. The maximum Gasteiger partial charge on any atom is 0.132 e. The van der Waals surface area contributed by atoms with Gasteiger partial charge in [0.1, 0.15) is 11.6 Å². The number of aromatic amines is 1. The standard InChI is InChI=1S/C25H22FN7S/c26-21-2-1-16(23-12-29-13-34-23)17-8-22(30-10-20(17)21)18-7-15(9-31-25(18)27)19-11-32-33-24(19)14-3-5-28-6-4-14/h1-2,7-14,28H,3-6H2,(H2,27,31)(H,32,33). The summed E-state index contributed by atoms with van der Waals surface area (Å²) in [6.07, 6.45) is 9.09. The van der Waals surface area contributed by atoms with Crippen LogP contribution in [0, 0.1) is 5.82 Å². The fraction of sp³-hybridized carbons (Fsp3) is 0.200. The van der Waals surface area contributed by atoms with Crippen molar-refractivity contribution in [2.24, 2.45) is 0 Å². The monoisotopic (exact) mass is 471 g/mol. The summed E-state index contributed by atoms with van der Waals surface area (Å²) in [5.74, 6) is 0.480. The lowest BCUT2D eigenvalue weighted by atomic mass is 9.90. The van der Waals surface area contributed by atoms with Crippen molar-refractivity contribution in [3.63, 3.8) is 0 Å². The van der Waals surface area contributed by atoms with Gasteiger partial charge >= 0.3 is 0 Å². The molecule has 1 aliphatic rings. The molecule has 1 aromatic carbocycles. The third-order valence-electron chi connectivity index (χ3n) is 6.47. The van der Waals surface area contributed by atoms with Crippen molar-refractivity contribution in [1.29, 1.82) is 0 Å². The Balaban J connectivity index is 1.46. The van der Waals surface area contributed by atoms with Crippen LogP contribution in [0.1, 0.15) is 24.5 Å². The summed E-state index contributed by atoms with van der Waals surface area (Å²) in [5, 5.41) is 12.2. The lowest BCUT2D eigenvalue weighted by Gasteiger charge is -2.22. The molecule has 1 fully saturated rings. The van der Waals surface area contributed by atoms with E-state index in [0.717, 1.165) is 58.6 Å². The summed E-state index contributed by atoms with van der Waals surface area (Å²) < 4.78 is 14.6. The predicted molar refractivity (Wildman–Crippen MR) is 133 cm³/mol. The van der Waals surface area contributed by atoms with Crippen LogP contribution < -0.4 is 11.1 Å². The normalized spacial score (nSPS) is 14.6. The molecule has 7 nitrogen and oxygen atoms in total.